The molecule has 4 aromatic rings. The Labute approximate surface area is 160 Å². The molecule has 5 nitrogen and oxygen atoms in total. The Hall–Kier alpha value is -2.68. The van der Waals surface area contributed by atoms with Crippen LogP contribution >= 0.6 is 15.9 Å². The predicted octanol–water partition coefficient (Wildman–Crippen LogP) is 5.46. The highest BCUT2D eigenvalue weighted by atomic mass is 79.9. The summed E-state index contributed by atoms with van der Waals surface area (Å²) in [6.07, 6.45) is -4.43. The van der Waals surface area contributed by atoms with Crippen LogP contribution in [0.15, 0.2) is 46.9 Å². The number of fused-ring (bicyclic) bond motifs is 3. The van der Waals surface area contributed by atoms with Gasteiger partial charge in [0.2, 0.25) is 5.95 Å². The van der Waals surface area contributed by atoms with Crippen molar-refractivity contribution in [1.82, 2.24) is 20.2 Å². The molecule has 138 valence electrons. The molecular formula is C18H13BrF3N5. The molecule has 27 heavy (non-hydrogen) atoms. The number of hydrogen-bond acceptors (Lipinski definition) is 4. The van der Waals surface area contributed by atoms with Crippen molar-refractivity contribution in [3.63, 3.8) is 0 Å². The highest BCUT2D eigenvalue weighted by Gasteiger charge is 2.34. The van der Waals surface area contributed by atoms with E-state index in [4.69, 9.17) is 0 Å². The third-order valence-electron chi connectivity index (χ3n) is 4.25. The summed E-state index contributed by atoms with van der Waals surface area (Å²) in [5.41, 5.74) is 1.39. The van der Waals surface area contributed by atoms with Gasteiger partial charge in [-0.2, -0.15) is 18.2 Å². The molecule has 0 saturated heterocycles. The third-order valence-corrected chi connectivity index (χ3v) is 4.75. The summed E-state index contributed by atoms with van der Waals surface area (Å²) in [5.74, 6) is 0.151. The van der Waals surface area contributed by atoms with Crippen LogP contribution in [0.2, 0.25) is 0 Å². The molecule has 2 aromatic carbocycles. The second kappa shape index (κ2) is 6.49. The summed E-state index contributed by atoms with van der Waals surface area (Å²) >= 11 is 3.41. The summed E-state index contributed by atoms with van der Waals surface area (Å²) in [6, 6.07) is 10.5. The first-order valence-electron chi connectivity index (χ1n) is 8.07. The Balaban J connectivity index is 1.69. The first kappa shape index (κ1) is 17.7. The average molecular weight is 436 g/mol. The molecule has 0 fully saturated rings. The van der Waals surface area contributed by atoms with Crippen molar-refractivity contribution in [2.75, 3.05) is 5.32 Å². The minimum atomic E-state index is -4.43. The van der Waals surface area contributed by atoms with E-state index in [0.29, 0.717) is 11.2 Å². The van der Waals surface area contributed by atoms with Crippen molar-refractivity contribution in [1.29, 1.82) is 0 Å². The topological polar surface area (TPSA) is 66.5 Å². The molecule has 0 aliphatic rings. The van der Waals surface area contributed by atoms with Crippen molar-refractivity contribution in [2.45, 2.75) is 19.1 Å². The van der Waals surface area contributed by atoms with E-state index in [1.165, 1.54) is 12.1 Å². The fourth-order valence-corrected chi connectivity index (χ4v) is 3.37. The lowest BCUT2D eigenvalue weighted by Crippen LogP contribution is -2.16. The van der Waals surface area contributed by atoms with Gasteiger partial charge in [-0.25, -0.2) is 0 Å². The summed E-state index contributed by atoms with van der Waals surface area (Å²) in [6.45, 7) is 1.63. The number of alkyl halides is 3. The molecule has 0 aliphatic heterocycles. The van der Waals surface area contributed by atoms with Crippen LogP contribution in [0.4, 0.5) is 19.1 Å². The number of H-pyrrole nitrogens is 1. The standard InChI is InChI=1S/C18H13BrF3N5/c1-9(11-4-2-3-5-13(11)18(20,21)22)23-17-25-16-15(26-27-17)12-8-10(19)6-7-14(12)24-16/h2-9H,1H3,(H2,23,24,25,27). The fourth-order valence-electron chi connectivity index (χ4n) is 3.01. The molecule has 2 aromatic heterocycles. The van der Waals surface area contributed by atoms with Gasteiger partial charge in [0.25, 0.3) is 0 Å². The zero-order valence-electron chi connectivity index (χ0n) is 14.0. The van der Waals surface area contributed by atoms with E-state index < -0.39 is 17.8 Å². The van der Waals surface area contributed by atoms with Gasteiger partial charge in [0, 0.05) is 15.4 Å². The number of hydrogen-bond donors (Lipinski definition) is 2. The molecule has 0 aliphatic carbocycles. The molecule has 0 saturated carbocycles. The van der Waals surface area contributed by atoms with Crippen LogP contribution in [0, 0.1) is 0 Å². The lowest BCUT2D eigenvalue weighted by molar-refractivity contribution is -0.138. The lowest BCUT2D eigenvalue weighted by atomic mass is 10.0. The first-order valence-corrected chi connectivity index (χ1v) is 8.86. The minimum absolute atomic E-state index is 0.120. The highest BCUT2D eigenvalue weighted by molar-refractivity contribution is 9.10. The Morgan fingerprint density at radius 2 is 1.89 bits per heavy atom. The monoisotopic (exact) mass is 435 g/mol. The number of aromatic amines is 1. The Morgan fingerprint density at radius 1 is 1.11 bits per heavy atom. The number of halogens is 4. The second-order valence-electron chi connectivity index (χ2n) is 6.10. The number of aromatic nitrogens is 4. The van der Waals surface area contributed by atoms with Crippen LogP contribution in [0.1, 0.15) is 24.1 Å². The highest BCUT2D eigenvalue weighted by Crippen LogP contribution is 2.35. The molecular weight excluding hydrogens is 423 g/mol. The van der Waals surface area contributed by atoms with Gasteiger partial charge in [-0.05, 0) is 36.8 Å². The van der Waals surface area contributed by atoms with Gasteiger partial charge < -0.3 is 10.3 Å². The molecule has 0 radical (unpaired) electrons. The molecule has 4 rings (SSSR count). The SMILES string of the molecule is CC(Nc1nnc2c(n1)[nH]c1ccc(Br)cc12)c1ccccc1C(F)(F)F. The molecule has 2 N–H and O–H groups in total. The van der Waals surface area contributed by atoms with Gasteiger partial charge in [0.15, 0.2) is 5.65 Å². The maximum absolute atomic E-state index is 13.2. The second-order valence-corrected chi connectivity index (χ2v) is 7.01. The Kier molecular flexibility index (Phi) is 4.26. The first-order chi connectivity index (χ1) is 12.8. The van der Waals surface area contributed by atoms with Gasteiger partial charge in [-0.3, -0.25) is 0 Å². The van der Waals surface area contributed by atoms with E-state index in [1.54, 1.807) is 13.0 Å². The van der Waals surface area contributed by atoms with E-state index >= 15 is 0 Å². The Morgan fingerprint density at radius 3 is 2.67 bits per heavy atom. The molecule has 0 amide bonds. The van der Waals surface area contributed by atoms with Crippen LogP contribution in [-0.2, 0) is 6.18 Å². The number of nitrogens with one attached hydrogen (secondary N) is 2. The number of rotatable bonds is 3. The molecule has 0 spiro atoms. The molecule has 9 heteroatoms. The van der Waals surface area contributed by atoms with Crippen LogP contribution < -0.4 is 5.32 Å². The third kappa shape index (κ3) is 3.34. The molecule has 1 atom stereocenters. The van der Waals surface area contributed by atoms with Gasteiger partial charge in [0.1, 0.15) is 5.52 Å². The summed E-state index contributed by atoms with van der Waals surface area (Å²) < 4.78 is 40.6. The fraction of sp³-hybridized carbons (Fsp3) is 0.167. The normalized spacial score (nSPS) is 13.2. The van der Waals surface area contributed by atoms with Crippen molar-refractivity contribution in [2.24, 2.45) is 0 Å². The zero-order chi connectivity index (χ0) is 19.2. The van der Waals surface area contributed by atoms with Crippen molar-refractivity contribution < 1.29 is 13.2 Å². The summed E-state index contributed by atoms with van der Waals surface area (Å²) in [4.78, 5) is 7.50. The van der Waals surface area contributed by atoms with E-state index in [1.807, 2.05) is 18.2 Å². The lowest BCUT2D eigenvalue weighted by Gasteiger charge is -2.19. The van der Waals surface area contributed by atoms with Gasteiger partial charge in [-0.1, -0.05) is 34.1 Å². The number of anilines is 1. The molecule has 0 bridgehead atoms. The maximum Gasteiger partial charge on any atom is 0.416 e. The van der Waals surface area contributed by atoms with Gasteiger partial charge >= 0.3 is 6.18 Å². The van der Waals surface area contributed by atoms with E-state index in [2.05, 4.69) is 41.4 Å². The van der Waals surface area contributed by atoms with Crippen LogP contribution in [-0.4, -0.2) is 20.2 Å². The van der Waals surface area contributed by atoms with Gasteiger partial charge in [-0.15, -0.1) is 10.2 Å². The summed E-state index contributed by atoms with van der Waals surface area (Å²) in [5, 5.41) is 12.0. The van der Waals surface area contributed by atoms with E-state index in [0.717, 1.165) is 21.4 Å². The van der Waals surface area contributed by atoms with Crippen molar-refractivity contribution in [3.05, 3.63) is 58.1 Å². The van der Waals surface area contributed by atoms with Crippen LogP contribution in [0.25, 0.3) is 22.1 Å². The van der Waals surface area contributed by atoms with Gasteiger partial charge in [0.05, 0.1) is 11.6 Å². The Bertz CT molecular complexity index is 1140. The largest absolute Gasteiger partial charge is 0.416 e. The summed E-state index contributed by atoms with van der Waals surface area (Å²) in [7, 11) is 0. The smallest absolute Gasteiger partial charge is 0.346 e. The quantitative estimate of drug-likeness (QED) is 0.448. The van der Waals surface area contributed by atoms with E-state index in [-0.39, 0.29) is 11.5 Å². The average Bonchev–Trinajstić information content (AvgIpc) is 2.98. The van der Waals surface area contributed by atoms with Crippen molar-refractivity contribution >= 4 is 43.9 Å². The molecule has 2 heterocycles. The zero-order valence-corrected chi connectivity index (χ0v) is 15.6. The van der Waals surface area contributed by atoms with Crippen molar-refractivity contribution in [3.8, 4) is 0 Å². The van der Waals surface area contributed by atoms with Crippen LogP contribution in [0.5, 0.6) is 0 Å². The number of nitrogens with zero attached hydrogens (tertiary/aromatic N) is 3. The van der Waals surface area contributed by atoms with E-state index in [9.17, 15) is 13.2 Å². The van der Waals surface area contributed by atoms with Crippen LogP contribution in [0.3, 0.4) is 0 Å². The minimum Gasteiger partial charge on any atom is -0.346 e. The maximum atomic E-state index is 13.2. The molecule has 1 unspecified atom stereocenters. The predicted molar refractivity (Wildman–Crippen MR) is 100 cm³/mol. The number of benzene rings is 2.